The molecular weight excluding hydrogens is 318 g/mol. The van der Waals surface area contributed by atoms with Crippen LogP contribution >= 0.6 is 0 Å². The third kappa shape index (κ3) is 2.54. The van der Waals surface area contributed by atoms with Crippen molar-refractivity contribution in [1.29, 1.82) is 0 Å². The van der Waals surface area contributed by atoms with Crippen molar-refractivity contribution in [2.45, 2.75) is 19.3 Å². The van der Waals surface area contributed by atoms with E-state index in [1.807, 2.05) is 30.3 Å². The third-order valence-electron chi connectivity index (χ3n) is 4.53. The SMILES string of the molecule is CC(=O)c1ccc2c(c1O)[C@H](c1ccc3ncccc3c1)CC(=O)O2. The largest absolute Gasteiger partial charge is 0.507 e. The molecule has 25 heavy (non-hydrogen) atoms. The molecule has 2 heterocycles. The van der Waals surface area contributed by atoms with Crippen LogP contribution in [0.5, 0.6) is 11.5 Å². The van der Waals surface area contributed by atoms with Crippen LogP contribution in [0.2, 0.25) is 0 Å². The lowest BCUT2D eigenvalue weighted by molar-refractivity contribution is -0.135. The maximum atomic E-state index is 12.0. The average molecular weight is 333 g/mol. The highest BCUT2D eigenvalue weighted by atomic mass is 16.5. The molecule has 1 aromatic heterocycles. The van der Waals surface area contributed by atoms with Gasteiger partial charge in [-0.25, -0.2) is 0 Å². The van der Waals surface area contributed by atoms with E-state index in [1.54, 1.807) is 12.3 Å². The number of pyridine rings is 1. The molecule has 5 nitrogen and oxygen atoms in total. The smallest absolute Gasteiger partial charge is 0.312 e. The summed E-state index contributed by atoms with van der Waals surface area (Å²) in [6, 6.07) is 12.6. The van der Waals surface area contributed by atoms with Gasteiger partial charge in [-0.1, -0.05) is 12.1 Å². The van der Waals surface area contributed by atoms with Crippen molar-refractivity contribution < 1.29 is 19.4 Å². The number of fused-ring (bicyclic) bond motifs is 2. The van der Waals surface area contributed by atoms with Gasteiger partial charge in [-0.2, -0.15) is 0 Å². The minimum absolute atomic E-state index is 0.105. The second-order valence-electron chi connectivity index (χ2n) is 6.12. The first kappa shape index (κ1) is 15.3. The number of rotatable bonds is 2. The first-order valence-electron chi connectivity index (χ1n) is 7.97. The van der Waals surface area contributed by atoms with Gasteiger partial charge in [0.05, 0.1) is 17.5 Å². The maximum absolute atomic E-state index is 12.0. The van der Waals surface area contributed by atoms with Crippen molar-refractivity contribution in [2.75, 3.05) is 0 Å². The molecule has 0 spiro atoms. The van der Waals surface area contributed by atoms with E-state index in [2.05, 4.69) is 4.98 Å². The summed E-state index contributed by atoms with van der Waals surface area (Å²) in [6.45, 7) is 1.40. The van der Waals surface area contributed by atoms with Gasteiger partial charge < -0.3 is 9.84 Å². The Hall–Kier alpha value is -3.21. The molecule has 0 amide bonds. The average Bonchev–Trinajstić information content (AvgIpc) is 2.60. The van der Waals surface area contributed by atoms with Gasteiger partial charge in [0.15, 0.2) is 5.78 Å². The van der Waals surface area contributed by atoms with Crippen LogP contribution in [0.3, 0.4) is 0 Å². The van der Waals surface area contributed by atoms with Gasteiger partial charge in [-0.15, -0.1) is 0 Å². The van der Waals surface area contributed by atoms with Gasteiger partial charge in [0, 0.05) is 23.1 Å². The second kappa shape index (κ2) is 5.70. The normalized spacial score (nSPS) is 16.4. The quantitative estimate of drug-likeness (QED) is 0.441. The molecule has 1 N–H and O–H groups in total. The van der Waals surface area contributed by atoms with Crippen LogP contribution in [0, 0.1) is 0 Å². The standard InChI is InChI=1S/C20H15NO4/c1-11(22)14-5-7-17-19(20(14)24)15(10-18(23)25-17)12-4-6-16-13(9-12)3-2-8-21-16/h2-9,15,24H,10H2,1H3/t15-/m0/s1. The number of carbonyl (C=O) groups is 2. The highest BCUT2D eigenvalue weighted by Crippen LogP contribution is 2.45. The summed E-state index contributed by atoms with van der Waals surface area (Å²) in [5, 5.41) is 11.6. The molecule has 1 atom stereocenters. The van der Waals surface area contributed by atoms with E-state index in [0.29, 0.717) is 11.3 Å². The molecule has 1 aliphatic heterocycles. The first-order chi connectivity index (χ1) is 12.0. The maximum Gasteiger partial charge on any atom is 0.312 e. The number of Topliss-reactive ketones (excluding diaryl/α,β-unsaturated/α-hetero) is 1. The van der Waals surface area contributed by atoms with Gasteiger partial charge in [0.1, 0.15) is 11.5 Å². The molecule has 124 valence electrons. The second-order valence-corrected chi connectivity index (χ2v) is 6.12. The van der Waals surface area contributed by atoms with Crippen LogP contribution in [-0.2, 0) is 4.79 Å². The monoisotopic (exact) mass is 333 g/mol. The fourth-order valence-electron chi connectivity index (χ4n) is 3.33. The highest BCUT2D eigenvalue weighted by molar-refractivity contribution is 5.98. The van der Waals surface area contributed by atoms with Crippen molar-refractivity contribution in [2.24, 2.45) is 0 Å². The Labute approximate surface area is 143 Å². The predicted molar refractivity (Wildman–Crippen MR) is 91.9 cm³/mol. The van der Waals surface area contributed by atoms with Crippen LogP contribution in [0.15, 0.2) is 48.7 Å². The van der Waals surface area contributed by atoms with Crippen LogP contribution in [0.25, 0.3) is 10.9 Å². The number of aromatic hydroxyl groups is 1. The summed E-state index contributed by atoms with van der Waals surface area (Å²) in [4.78, 5) is 28.1. The van der Waals surface area contributed by atoms with E-state index in [-0.39, 0.29) is 35.4 Å². The zero-order valence-corrected chi connectivity index (χ0v) is 13.5. The van der Waals surface area contributed by atoms with Crippen molar-refractivity contribution in [3.8, 4) is 11.5 Å². The topological polar surface area (TPSA) is 76.5 Å². The number of phenols is 1. The molecule has 3 aromatic rings. The zero-order chi connectivity index (χ0) is 17.6. The summed E-state index contributed by atoms with van der Waals surface area (Å²) < 4.78 is 5.26. The third-order valence-corrected chi connectivity index (χ3v) is 4.53. The van der Waals surface area contributed by atoms with Gasteiger partial charge in [-0.3, -0.25) is 14.6 Å². The Kier molecular flexibility index (Phi) is 3.50. The first-order valence-corrected chi connectivity index (χ1v) is 7.97. The molecule has 0 saturated carbocycles. The number of esters is 1. The molecule has 2 aromatic carbocycles. The van der Waals surface area contributed by atoms with Gasteiger partial charge in [0.25, 0.3) is 0 Å². The fourth-order valence-corrected chi connectivity index (χ4v) is 3.33. The highest BCUT2D eigenvalue weighted by Gasteiger charge is 2.32. The fraction of sp³-hybridized carbons (Fsp3) is 0.150. The van der Waals surface area contributed by atoms with E-state index < -0.39 is 0 Å². The Morgan fingerprint density at radius 3 is 2.88 bits per heavy atom. The van der Waals surface area contributed by atoms with Crippen molar-refractivity contribution >= 4 is 22.7 Å². The minimum Gasteiger partial charge on any atom is -0.507 e. The van der Waals surface area contributed by atoms with E-state index in [0.717, 1.165) is 16.5 Å². The number of benzene rings is 2. The van der Waals surface area contributed by atoms with Gasteiger partial charge >= 0.3 is 5.97 Å². The summed E-state index contributed by atoms with van der Waals surface area (Å²) in [5.41, 5.74) is 2.43. The van der Waals surface area contributed by atoms with E-state index in [9.17, 15) is 14.7 Å². The minimum atomic E-state index is -0.375. The molecule has 0 bridgehead atoms. The number of ketones is 1. The van der Waals surface area contributed by atoms with Crippen LogP contribution in [0.4, 0.5) is 0 Å². The Balaban J connectivity index is 1.92. The summed E-state index contributed by atoms with van der Waals surface area (Å²) >= 11 is 0. The number of nitrogens with zero attached hydrogens (tertiary/aromatic N) is 1. The number of carbonyl (C=O) groups excluding carboxylic acids is 2. The number of phenolic OH excluding ortho intramolecular Hbond substituents is 1. The lowest BCUT2D eigenvalue weighted by Crippen LogP contribution is -2.21. The molecule has 5 heteroatoms. The zero-order valence-electron chi connectivity index (χ0n) is 13.5. The van der Waals surface area contributed by atoms with E-state index in [4.69, 9.17) is 4.74 Å². The van der Waals surface area contributed by atoms with E-state index in [1.165, 1.54) is 13.0 Å². The number of hydrogen-bond donors (Lipinski definition) is 1. The van der Waals surface area contributed by atoms with Gasteiger partial charge in [0.2, 0.25) is 0 Å². The van der Waals surface area contributed by atoms with Crippen LogP contribution in [0.1, 0.15) is 40.7 Å². The number of ether oxygens (including phenoxy) is 1. The Morgan fingerprint density at radius 2 is 2.08 bits per heavy atom. The van der Waals surface area contributed by atoms with Crippen molar-refractivity contribution in [1.82, 2.24) is 4.98 Å². The molecule has 1 aliphatic rings. The summed E-state index contributed by atoms with van der Waals surface area (Å²) in [7, 11) is 0. The molecule has 0 radical (unpaired) electrons. The number of hydrogen-bond acceptors (Lipinski definition) is 5. The number of aromatic nitrogens is 1. The summed E-state index contributed by atoms with van der Waals surface area (Å²) in [6.07, 6.45) is 1.83. The molecule has 4 rings (SSSR count). The Morgan fingerprint density at radius 1 is 1.24 bits per heavy atom. The molecule has 0 saturated heterocycles. The summed E-state index contributed by atoms with van der Waals surface area (Å²) in [5.74, 6) is -0.790. The molecule has 0 aliphatic carbocycles. The van der Waals surface area contributed by atoms with Crippen LogP contribution in [-0.4, -0.2) is 21.8 Å². The van der Waals surface area contributed by atoms with Gasteiger partial charge in [-0.05, 0) is 42.8 Å². The van der Waals surface area contributed by atoms with Crippen molar-refractivity contribution in [3.05, 3.63) is 65.4 Å². The molecule has 0 unspecified atom stereocenters. The van der Waals surface area contributed by atoms with Crippen molar-refractivity contribution in [3.63, 3.8) is 0 Å². The lowest BCUT2D eigenvalue weighted by Gasteiger charge is -2.26. The molecule has 0 fully saturated rings. The van der Waals surface area contributed by atoms with Crippen LogP contribution < -0.4 is 4.74 Å². The van der Waals surface area contributed by atoms with E-state index >= 15 is 0 Å². The lowest BCUT2D eigenvalue weighted by atomic mass is 9.84. The Bertz CT molecular complexity index is 1030. The predicted octanol–water partition coefficient (Wildman–Crippen LogP) is 3.58. The molecular formula is C20H15NO4.